The van der Waals surface area contributed by atoms with Crippen molar-refractivity contribution in [2.75, 3.05) is 26.2 Å². The summed E-state index contributed by atoms with van der Waals surface area (Å²) < 4.78 is 0. The fourth-order valence-electron chi connectivity index (χ4n) is 2.82. The van der Waals surface area contributed by atoms with E-state index >= 15 is 0 Å². The molecule has 0 aromatic heterocycles. The van der Waals surface area contributed by atoms with Crippen LogP contribution in [0.2, 0.25) is 0 Å². The summed E-state index contributed by atoms with van der Waals surface area (Å²) in [6.07, 6.45) is 3.46. The summed E-state index contributed by atoms with van der Waals surface area (Å²) in [4.78, 5) is 14.1. The molecule has 2 aliphatic heterocycles. The van der Waals surface area contributed by atoms with Crippen molar-refractivity contribution in [2.45, 2.75) is 38.7 Å². The molecule has 2 N–H and O–H groups in total. The van der Waals surface area contributed by atoms with E-state index in [1.165, 1.54) is 0 Å². The maximum atomic E-state index is 12.1. The van der Waals surface area contributed by atoms with Crippen molar-refractivity contribution in [2.24, 2.45) is 11.8 Å². The first kappa shape index (κ1) is 12.8. The lowest BCUT2D eigenvalue weighted by atomic mass is 9.92. The van der Waals surface area contributed by atoms with Crippen molar-refractivity contribution < 1.29 is 9.90 Å². The third-order valence-electron chi connectivity index (χ3n) is 4.13. The first-order valence-corrected chi connectivity index (χ1v) is 6.83. The van der Waals surface area contributed by atoms with Crippen LogP contribution in [0.25, 0.3) is 0 Å². The number of aliphatic hydroxyl groups excluding tert-OH is 1. The summed E-state index contributed by atoms with van der Waals surface area (Å²) in [5, 5.41) is 13.0. The van der Waals surface area contributed by atoms with Gasteiger partial charge in [-0.15, -0.1) is 0 Å². The van der Waals surface area contributed by atoms with E-state index in [1.807, 2.05) is 11.8 Å². The maximum Gasteiger partial charge on any atom is 0.222 e. The van der Waals surface area contributed by atoms with Gasteiger partial charge in [-0.3, -0.25) is 4.79 Å². The number of hydrogen-bond donors (Lipinski definition) is 2. The molecule has 0 aliphatic carbocycles. The first-order valence-electron chi connectivity index (χ1n) is 6.83. The number of nitrogens with one attached hydrogen (secondary N) is 1. The lowest BCUT2D eigenvalue weighted by Gasteiger charge is -2.35. The molecule has 4 nitrogen and oxygen atoms in total. The van der Waals surface area contributed by atoms with E-state index in [2.05, 4.69) is 5.32 Å². The fraction of sp³-hybridized carbons (Fsp3) is 0.923. The molecule has 0 radical (unpaired) electrons. The van der Waals surface area contributed by atoms with Crippen molar-refractivity contribution >= 4 is 5.91 Å². The Labute approximate surface area is 103 Å². The Hall–Kier alpha value is -0.610. The Bertz CT molecular complexity index is 264. The number of aliphatic hydroxyl groups is 1. The van der Waals surface area contributed by atoms with Crippen LogP contribution in [0, 0.1) is 11.8 Å². The van der Waals surface area contributed by atoms with Gasteiger partial charge in [-0.1, -0.05) is 6.92 Å². The summed E-state index contributed by atoms with van der Waals surface area (Å²) in [5.74, 6) is 1.07. The van der Waals surface area contributed by atoms with Gasteiger partial charge < -0.3 is 15.3 Å². The molecular weight excluding hydrogens is 216 g/mol. The minimum Gasteiger partial charge on any atom is -0.393 e. The maximum absolute atomic E-state index is 12.1. The zero-order chi connectivity index (χ0) is 12.3. The average Bonchev–Trinajstić information content (AvgIpc) is 2.34. The van der Waals surface area contributed by atoms with Gasteiger partial charge in [0.15, 0.2) is 0 Å². The average molecular weight is 240 g/mol. The monoisotopic (exact) mass is 240 g/mol. The van der Waals surface area contributed by atoms with Crippen molar-refractivity contribution in [1.82, 2.24) is 10.2 Å². The Balaban J connectivity index is 1.79. The fourth-order valence-corrected chi connectivity index (χ4v) is 2.82. The minimum absolute atomic E-state index is 0.223. The molecule has 2 heterocycles. The molecule has 17 heavy (non-hydrogen) atoms. The molecule has 2 aliphatic rings. The molecule has 0 bridgehead atoms. The normalized spacial score (nSPS) is 31.5. The molecule has 2 atom stereocenters. The molecule has 2 fully saturated rings. The quantitative estimate of drug-likeness (QED) is 0.743. The molecule has 0 saturated carbocycles. The van der Waals surface area contributed by atoms with Crippen LogP contribution in [0.3, 0.4) is 0 Å². The van der Waals surface area contributed by atoms with Gasteiger partial charge in [0.05, 0.1) is 6.10 Å². The van der Waals surface area contributed by atoms with Crippen LogP contribution >= 0.6 is 0 Å². The Morgan fingerprint density at radius 2 is 2.06 bits per heavy atom. The second-order valence-electron chi connectivity index (χ2n) is 5.57. The van der Waals surface area contributed by atoms with Crippen molar-refractivity contribution in [1.29, 1.82) is 0 Å². The van der Waals surface area contributed by atoms with Gasteiger partial charge in [-0.05, 0) is 44.2 Å². The second-order valence-corrected chi connectivity index (χ2v) is 5.57. The van der Waals surface area contributed by atoms with Crippen LogP contribution in [-0.2, 0) is 4.79 Å². The lowest BCUT2D eigenvalue weighted by Crippen LogP contribution is -2.45. The van der Waals surface area contributed by atoms with Crippen LogP contribution in [0.1, 0.15) is 32.6 Å². The summed E-state index contributed by atoms with van der Waals surface area (Å²) in [6, 6.07) is 0. The highest BCUT2D eigenvalue weighted by Gasteiger charge is 2.28. The molecule has 0 aromatic carbocycles. The molecule has 4 heteroatoms. The zero-order valence-corrected chi connectivity index (χ0v) is 10.7. The number of likely N-dealkylation sites (tertiary alicyclic amines) is 1. The highest BCUT2D eigenvalue weighted by molar-refractivity contribution is 5.76. The second kappa shape index (κ2) is 5.83. The highest BCUT2D eigenvalue weighted by atomic mass is 16.3. The van der Waals surface area contributed by atoms with Gasteiger partial charge >= 0.3 is 0 Å². The van der Waals surface area contributed by atoms with Gasteiger partial charge in [-0.2, -0.15) is 0 Å². The summed E-state index contributed by atoms with van der Waals surface area (Å²) in [6.45, 7) is 5.58. The molecular formula is C13H24N2O2. The largest absolute Gasteiger partial charge is 0.393 e. The highest BCUT2D eigenvalue weighted by Crippen LogP contribution is 2.21. The van der Waals surface area contributed by atoms with Gasteiger partial charge in [0.1, 0.15) is 0 Å². The van der Waals surface area contributed by atoms with Crippen LogP contribution in [0.15, 0.2) is 0 Å². The SMILES string of the molecule is C[C@H]1CN(C(=O)CC2CCNCC2)CC[C@@H]1O. The van der Waals surface area contributed by atoms with E-state index in [-0.39, 0.29) is 17.9 Å². The van der Waals surface area contributed by atoms with Gasteiger partial charge in [0, 0.05) is 19.5 Å². The van der Waals surface area contributed by atoms with E-state index < -0.39 is 0 Å². The number of hydrogen-bond acceptors (Lipinski definition) is 3. The van der Waals surface area contributed by atoms with Crippen LogP contribution in [0.5, 0.6) is 0 Å². The number of carbonyl (C=O) groups is 1. The lowest BCUT2D eigenvalue weighted by molar-refractivity contribution is -0.135. The number of nitrogens with zero attached hydrogens (tertiary/aromatic N) is 1. The molecule has 2 saturated heterocycles. The first-order chi connectivity index (χ1) is 8.16. The Morgan fingerprint density at radius 1 is 1.35 bits per heavy atom. The van der Waals surface area contributed by atoms with E-state index in [0.717, 1.165) is 45.4 Å². The summed E-state index contributed by atoms with van der Waals surface area (Å²) in [7, 11) is 0. The van der Waals surface area contributed by atoms with Crippen molar-refractivity contribution in [3.8, 4) is 0 Å². The molecule has 1 amide bonds. The number of carbonyl (C=O) groups excluding carboxylic acids is 1. The number of piperidine rings is 2. The molecule has 98 valence electrons. The third kappa shape index (κ3) is 3.42. The molecule has 0 unspecified atom stereocenters. The smallest absolute Gasteiger partial charge is 0.222 e. The van der Waals surface area contributed by atoms with E-state index in [9.17, 15) is 9.90 Å². The predicted molar refractivity (Wildman–Crippen MR) is 66.6 cm³/mol. The summed E-state index contributed by atoms with van der Waals surface area (Å²) in [5.41, 5.74) is 0. The Morgan fingerprint density at radius 3 is 2.71 bits per heavy atom. The van der Waals surface area contributed by atoms with Crippen molar-refractivity contribution in [3.63, 3.8) is 0 Å². The van der Waals surface area contributed by atoms with E-state index in [4.69, 9.17) is 0 Å². The predicted octanol–water partition coefficient (Wildman–Crippen LogP) is 0.605. The van der Waals surface area contributed by atoms with Crippen LogP contribution < -0.4 is 5.32 Å². The molecule has 0 aromatic rings. The van der Waals surface area contributed by atoms with Crippen molar-refractivity contribution in [3.05, 3.63) is 0 Å². The van der Waals surface area contributed by atoms with Crippen LogP contribution in [-0.4, -0.2) is 48.2 Å². The van der Waals surface area contributed by atoms with Gasteiger partial charge in [0.25, 0.3) is 0 Å². The van der Waals surface area contributed by atoms with Gasteiger partial charge in [0.2, 0.25) is 5.91 Å². The molecule has 2 rings (SSSR count). The topological polar surface area (TPSA) is 52.6 Å². The number of rotatable bonds is 2. The minimum atomic E-state index is -0.224. The molecule has 0 spiro atoms. The number of amides is 1. The Kier molecular flexibility index (Phi) is 4.40. The van der Waals surface area contributed by atoms with E-state index in [0.29, 0.717) is 12.3 Å². The zero-order valence-electron chi connectivity index (χ0n) is 10.7. The standard InChI is InChI=1S/C13H24N2O2/c1-10-9-15(7-4-12(10)16)13(17)8-11-2-5-14-6-3-11/h10-12,14,16H,2-9H2,1H3/t10-,12-/m0/s1. The summed E-state index contributed by atoms with van der Waals surface area (Å²) >= 11 is 0. The van der Waals surface area contributed by atoms with E-state index in [1.54, 1.807) is 0 Å². The van der Waals surface area contributed by atoms with Gasteiger partial charge in [-0.25, -0.2) is 0 Å². The van der Waals surface area contributed by atoms with Crippen LogP contribution in [0.4, 0.5) is 0 Å². The third-order valence-corrected chi connectivity index (χ3v) is 4.13.